The second-order valence-corrected chi connectivity index (χ2v) is 7.21. The third-order valence-corrected chi connectivity index (χ3v) is 5.12. The van der Waals surface area contributed by atoms with Gasteiger partial charge in [0.05, 0.1) is 0 Å². The summed E-state index contributed by atoms with van der Waals surface area (Å²) in [5.41, 5.74) is 8.99. The summed E-state index contributed by atoms with van der Waals surface area (Å²) >= 11 is 2.04. The molecule has 1 amide bonds. The highest BCUT2D eigenvalue weighted by Crippen LogP contribution is 2.14. The first kappa shape index (κ1) is 16.9. The van der Waals surface area contributed by atoms with Crippen LogP contribution in [0.15, 0.2) is 48.5 Å². The Morgan fingerprint density at radius 2 is 1.88 bits per heavy atom. The molecule has 3 rings (SSSR count). The van der Waals surface area contributed by atoms with Gasteiger partial charge in [-0.3, -0.25) is 4.79 Å². The molecule has 2 aromatic rings. The fraction of sp³-hybridized carbons (Fsp3) is 0.316. The molecular formula is C19H23N3OS. The first-order valence-electron chi connectivity index (χ1n) is 8.27. The lowest BCUT2D eigenvalue weighted by Gasteiger charge is -2.26. The molecule has 0 saturated carbocycles. The van der Waals surface area contributed by atoms with E-state index in [1.54, 1.807) is 24.3 Å². The minimum atomic E-state index is -0.138. The van der Waals surface area contributed by atoms with E-state index in [-0.39, 0.29) is 5.91 Å². The van der Waals surface area contributed by atoms with Crippen molar-refractivity contribution in [2.75, 3.05) is 42.2 Å². The number of amides is 1. The maximum Gasteiger partial charge on any atom is 0.255 e. The topological polar surface area (TPSA) is 58.4 Å². The first-order chi connectivity index (χ1) is 11.7. The van der Waals surface area contributed by atoms with Crippen molar-refractivity contribution >= 4 is 29.0 Å². The number of rotatable bonds is 5. The van der Waals surface area contributed by atoms with Gasteiger partial charge in [-0.15, -0.1) is 0 Å². The number of nitrogens with two attached hydrogens (primary N) is 1. The van der Waals surface area contributed by atoms with Gasteiger partial charge in [0, 0.05) is 48.1 Å². The summed E-state index contributed by atoms with van der Waals surface area (Å²) in [6, 6.07) is 15.1. The highest BCUT2D eigenvalue weighted by atomic mass is 32.2. The molecule has 1 saturated heterocycles. The van der Waals surface area contributed by atoms with E-state index in [4.69, 9.17) is 5.73 Å². The molecule has 4 nitrogen and oxygen atoms in total. The molecule has 2 aromatic carbocycles. The third kappa shape index (κ3) is 4.76. The lowest BCUT2D eigenvalue weighted by molar-refractivity contribution is 0.102. The van der Waals surface area contributed by atoms with Crippen LogP contribution in [0.5, 0.6) is 0 Å². The Labute approximate surface area is 147 Å². The van der Waals surface area contributed by atoms with Gasteiger partial charge in [-0.1, -0.05) is 18.2 Å². The molecule has 1 aliphatic heterocycles. The predicted octanol–water partition coefficient (Wildman–Crippen LogP) is 3.11. The minimum absolute atomic E-state index is 0.138. The summed E-state index contributed by atoms with van der Waals surface area (Å²) in [6.45, 7) is 3.49. The lowest BCUT2D eigenvalue weighted by atomic mass is 10.1. The predicted molar refractivity (Wildman–Crippen MR) is 103 cm³/mol. The molecule has 3 N–H and O–H groups in total. The molecule has 1 fully saturated rings. The Hall–Kier alpha value is -1.98. The Morgan fingerprint density at radius 1 is 1.12 bits per heavy atom. The smallest absolute Gasteiger partial charge is 0.255 e. The zero-order valence-electron chi connectivity index (χ0n) is 13.7. The van der Waals surface area contributed by atoms with Gasteiger partial charge < -0.3 is 16.0 Å². The van der Waals surface area contributed by atoms with E-state index in [1.165, 1.54) is 30.2 Å². The second-order valence-electron chi connectivity index (χ2n) is 5.98. The largest absolute Gasteiger partial charge is 0.399 e. The number of thioether (sulfide) groups is 1. The number of carbonyl (C=O) groups is 1. The molecule has 0 atom stereocenters. The maximum atomic E-state index is 12.2. The van der Waals surface area contributed by atoms with Crippen LogP contribution < -0.4 is 11.1 Å². The van der Waals surface area contributed by atoms with Crippen LogP contribution in [0.4, 0.5) is 11.4 Å². The summed E-state index contributed by atoms with van der Waals surface area (Å²) in [6.07, 6.45) is 1.05. The number of benzene rings is 2. The highest BCUT2D eigenvalue weighted by Gasteiger charge is 2.10. The van der Waals surface area contributed by atoms with Gasteiger partial charge in [-0.25, -0.2) is 0 Å². The summed E-state index contributed by atoms with van der Waals surface area (Å²) in [5, 5.41) is 2.91. The number of nitrogens with one attached hydrogen (secondary N) is 1. The van der Waals surface area contributed by atoms with Gasteiger partial charge in [0.1, 0.15) is 0 Å². The number of anilines is 2. The van der Waals surface area contributed by atoms with E-state index in [9.17, 15) is 4.79 Å². The summed E-state index contributed by atoms with van der Waals surface area (Å²) < 4.78 is 0. The molecule has 0 spiro atoms. The van der Waals surface area contributed by atoms with Crippen LogP contribution in [-0.4, -0.2) is 41.9 Å². The van der Waals surface area contributed by atoms with Crippen molar-refractivity contribution in [1.29, 1.82) is 0 Å². The molecule has 0 unspecified atom stereocenters. The van der Waals surface area contributed by atoms with Crippen molar-refractivity contribution in [2.45, 2.75) is 6.42 Å². The molecule has 1 heterocycles. The van der Waals surface area contributed by atoms with Crippen molar-refractivity contribution < 1.29 is 4.79 Å². The fourth-order valence-electron chi connectivity index (χ4n) is 2.75. The average molecular weight is 341 g/mol. The number of carbonyl (C=O) groups excluding carboxylic acids is 1. The molecule has 5 heteroatoms. The summed E-state index contributed by atoms with van der Waals surface area (Å²) in [5.74, 6) is 2.35. The van der Waals surface area contributed by atoms with Gasteiger partial charge >= 0.3 is 0 Å². The maximum absolute atomic E-state index is 12.2. The lowest BCUT2D eigenvalue weighted by Crippen LogP contribution is -2.34. The van der Waals surface area contributed by atoms with Crippen LogP contribution >= 0.6 is 11.8 Å². The van der Waals surface area contributed by atoms with E-state index in [1.807, 2.05) is 23.9 Å². The minimum Gasteiger partial charge on any atom is -0.399 e. The van der Waals surface area contributed by atoms with E-state index < -0.39 is 0 Å². The van der Waals surface area contributed by atoms with Crippen LogP contribution in [0, 0.1) is 0 Å². The molecule has 0 aliphatic carbocycles. The SMILES string of the molecule is Nc1cccc(C(=O)Nc2ccc(CCN3CCSCC3)cc2)c1. The Morgan fingerprint density at radius 3 is 2.58 bits per heavy atom. The summed E-state index contributed by atoms with van der Waals surface area (Å²) in [7, 11) is 0. The Bertz CT molecular complexity index is 681. The Balaban J connectivity index is 1.53. The van der Waals surface area contributed by atoms with Crippen molar-refractivity contribution in [2.24, 2.45) is 0 Å². The molecule has 126 valence electrons. The second kappa shape index (κ2) is 8.22. The van der Waals surface area contributed by atoms with Crippen molar-refractivity contribution in [3.05, 3.63) is 59.7 Å². The van der Waals surface area contributed by atoms with Crippen LogP contribution in [0.1, 0.15) is 15.9 Å². The van der Waals surface area contributed by atoms with E-state index in [2.05, 4.69) is 22.3 Å². The average Bonchev–Trinajstić information content (AvgIpc) is 2.62. The Kier molecular flexibility index (Phi) is 5.77. The number of nitrogen functional groups attached to an aromatic ring is 1. The van der Waals surface area contributed by atoms with Gasteiger partial charge in [-0.05, 0) is 42.3 Å². The number of hydrogen-bond acceptors (Lipinski definition) is 4. The molecular weight excluding hydrogens is 318 g/mol. The fourth-order valence-corrected chi connectivity index (χ4v) is 3.73. The van der Waals surface area contributed by atoms with Crippen molar-refractivity contribution in [3.8, 4) is 0 Å². The molecule has 0 radical (unpaired) electrons. The number of nitrogens with zero attached hydrogens (tertiary/aromatic N) is 1. The number of hydrogen-bond donors (Lipinski definition) is 2. The molecule has 1 aliphatic rings. The molecule has 24 heavy (non-hydrogen) atoms. The van der Waals surface area contributed by atoms with E-state index in [0.717, 1.165) is 18.7 Å². The van der Waals surface area contributed by atoms with E-state index >= 15 is 0 Å². The van der Waals surface area contributed by atoms with Crippen molar-refractivity contribution in [3.63, 3.8) is 0 Å². The zero-order valence-corrected chi connectivity index (χ0v) is 14.5. The van der Waals surface area contributed by atoms with E-state index in [0.29, 0.717) is 11.3 Å². The van der Waals surface area contributed by atoms with Crippen LogP contribution in [0.2, 0.25) is 0 Å². The highest BCUT2D eigenvalue weighted by molar-refractivity contribution is 7.99. The first-order valence-corrected chi connectivity index (χ1v) is 9.42. The van der Waals surface area contributed by atoms with Gasteiger partial charge in [-0.2, -0.15) is 11.8 Å². The molecule has 0 bridgehead atoms. The zero-order chi connectivity index (χ0) is 16.8. The summed E-state index contributed by atoms with van der Waals surface area (Å²) in [4.78, 5) is 14.7. The molecule has 0 aromatic heterocycles. The van der Waals surface area contributed by atoms with Crippen LogP contribution in [0.25, 0.3) is 0 Å². The van der Waals surface area contributed by atoms with Crippen LogP contribution in [-0.2, 0) is 6.42 Å². The van der Waals surface area contributed by atoms with Gasteiger partial charge in [0.2, 0.25) is 0 Å². The van der Waals surface area contributed by atoms with Gasteiger partial charge in [0.25, 0.3) is 5.91 Å². The van der Waals surface area contributed by atoms with Crippen molar-refractivity contribution in [1.82, 2.24) is 4.90 Å². The monoisotopic (exact) mass is 341 g/mol. The van der Waals surface area contributed by atoms with Gasteiger partial charge in [0.15, 0.2) is 0 Å². The van der Waals surface area contributed by atoms with Crippen LogP contribution in [0.3, 0.4) is 0 Å². The third-order valence-electron chi connectivity index (χ3n) is 4.18. The normalized spacial score (nSPS) is 15.2. The standard InChI is InChI=1S/C19H23N3OS/c20-17-3-1-2-16(14-17)19(23)21-18-6-4-15(5-7-18)8-9-22-10-12-24-13-11-22/h1-7,14H,8-13,20H2,(H,21,23). The quantitative estimate of drug-likeness (QED) is 0.821.